The molecule has 0 bridgehead atoms. The maximum Gasteiger partial charge on any atom is 0.150 e. The van der Waals surface area contributed by atoms with Crippen LogP contribution < -0.4 is 15.0 Å². The Labute approximate surface area is 145 Å². The first-order valence-electron chi connectivity index (χ1n) is 8.31. The molecule has 0 radical (unpaired) electrons. The van der Waals surface area contributed by atoms with Gasteiger partial charge in [0.2, 0.25) is 0 Å². The summed E-state index contributed by atoms with van der Waals surface area (Å²) in [6.45, 7) is 3.75. The number of hydrogen-bond acceptors (Lipinski definition) is 5. The van der Waals surface area contributed by atoms with Gasteiger partial charge in [-0.1, -0.05) is 0 Å². The minimum atomic E-state index is -0.352. The zero-order valence-electron chi connectivity index (χ0n) is 14.0. The van der Waals surface area contributed by atoms with Crippen LogP contribution in [0, 0.1) is 5.82 Å². The monoisotopic (exact) mass is 338 g/mol. The van der Waals surface area contributed by atoms with Crippen LogP contribution in [0.5, 0.6) is 5.75 Å². The van der Waals surface area contributed by atoms with E-state index in [9.17, 15) is 4.39 Å². The Morgan fingerprint density at radius 3 is 2.68 bits per heavy atom. The van der Waals surface area contributed by atoms with Crippen molar-refractivity contribution >= 4 is 16.7 Å². The molecule has 25 heavy (non-hydrogen) atoms. The van der Waals surface area contributed by atoms with Crippen molar-refractivity contribution in [1.82, 2.24) is 15.3 Å². The summed E-state index contributed by atoms with van der Waals surface area (Å²) in [6, 6.07) is 10.7. The van der Waals surface area contributed by atoms with E-state index in [0.717, 1.165) is 37.4 Å². The summed E-state index contributed by atoms with van der Waals surface area (Å²) in [5.41, 5.74) is 1.67. The van der Waals surface area contributed by atoms with Gasteiger partial charge in [-0.05, 0) is 30.3 Å². The third kappa shape index (κ3) is 3.13. The molecule has 1 N–H and O–H groups in total. The highest BCUT2D eigenvalue weighted by Gasteiger charge is 2.14. The van der Waals surface area contributed by atoms with Crippen molar-refractivity contribution in [3.05, 3.63) is 48.4 Å². The Balaban J connectivity index is 1.69. The molecule has 3 heterocycles. The number of pyridine rings is 2. The first-order chi connectivity index (χ1) is 12.2. The SMILES string of the molecule is COc1ccc2cc(F)c(-c3ccc(N4CCNCC4)nc3)nc2c1. The number of hydrogen-bond donors (Lipinski definition) is 1. The Morgan fingerprint density at radius 2 is 1.96 bits per heavy atom. The molecule has 0 atom stereocenters. The lowest BCUT2D eigenvalue weighted by Crippen LogP contribution is -2.43. The average Bonchev–Trinajstić information content (AvgIpc) is 2.68. The van der Waals surface area contributed by atoms with E-state index >= 15 is 0 Å². The average molecular weight is 338 g/mol. The predicted octanol–water partition coefficient (Wildman–Crippen LogP) is 2.85. The van der Waals surface area contributed by atoms with Crippen LogP contribution in [0.25, 0.3) is 22.2 Å². The molecule has 4 rings (SSSR count). The van der Waals surface area contributed by atoms with E-state index in [1.807, 2.05) is 12.1 Å². The molecular formula is C19H19FN4O. The van der Waals surface area contributed by atoms with Crippen LogP contribution in [-0.2, 0) is 0 Å². The largest absolute Gasteiger partial charge is 0.497 e. The smallest absolute Gasteiger partial charge is 0.150 e. The van der Waals surface area contributed by atoms with E-state index in [1.54, 1.807) is 31.5 Å². The highest BCUT2D eigenvalue weighted by atomic mass is 19.1. The quantitative estimate of drug-likeness (QED) is 0.796. The second kappa shape index (κ2) is 6.64. The number of nitrogens with one attached hydrogen (secondary N) is 1. The summed E-state index contributed by atoms with van der Waals surface area (Å²) in [4.78, 5) is 11.2. The molecule has 0 spiro atoms. The molecule has 1 aromatic carbocycles. The molecule has 128 valence electrons. The van der Waals surface area contributed by atoms with E-state index in [4.69, 9.17) is 4.74 Å². The number of piperazine rings is 1. The maximum absolute atomic E-state index is 14.5. The highest BCUT2D eigenvalue weighted by molar-refractivity contribution is 5.83. The molecule has 1 aliphatic heterocycles. The Kier molecular flexibility index (Phi) is 4.19. The van der Waals surface area contributed by atoms with E-state index in [0.29, 0.717) is 22.5 Å². The van der Waals surface area contributed by atoms with Gasteiger partial charge in [0.05, 0.1) is 12.6 Å². The Bertz CT molecular complexity index is 892. The lowest BCUT2D eigenvalue weighted by atomic mass is 10.1. The Hall–Kier alpha value is -2.73. The van der Waals surface area contributed by atoms with Crippen LogP contribution in [0.4, 0.5) is 10.2 Å². The van der Waals surface area contributed by atoms with Gasteiger partial charge in [-0.25, -0.2) is 14.4 Å². The van der Waals surface area contributed by atoms with Crippen molar-refractivity contribution in [3.8, 4) is 17.0 Å². The topological polar surface area (TPSA) is 50.3 Å². The maximum atomic E-state index is 14.5. The van der Waals surface area contributed by atoms with Crippen molar-refractivity contribution in [1.29, 1.82) is 0 Å². The van der Waals surface area contributed by atoms with Crippen molar-refractivity contribution < 1.29 is 9.13 Å². The lowest BCUT2D eigenvalue weighted by Gasteiger charge is -2.28. The van der Waals surface area contributed by atoms with Crippen LogP contribution in [-0.4, -0.2) is 43.3 Å². The summed E-state index contributed by atoms with van der Waals surface area (Å²) in [7, 11) is 1.60. The molecule has 6 heteroatoms. The van der Waals surface area contributed by atoms with Gasteiger partial charge in [0.1, 0.15) is 23.1 Å². The van der Waals surface area contributed by atoms with Gasteiger partial charge in [-0.15, -0.1) is 0 Å². The normalized spacial score (nSPS) is 14.7. The third-order valence-electron chi connectivity index (χ3n) is 4.44. The zero-order valence-corrected chi connectivity index (χ0v) is 14.0. The summed E-state index contributed by atoms with van der Waals surface area (Å²) >= 11 is 0. The summed E-state index contributed by atoms with van der Waals surface area (Å²) in [5, 5.41) is 4.06. The molecule has 2 aromatic heterocycles. The fourth-order valence-electron chi connectivity index (χ4n) is 3.06. The van der Waals surface area contributed by atoms with Gasteiger partial charge in [-0.2, -0.15) is 0 Å². The van der Waals surface area contributed by atoms with Gasteiger partial charge < -0.3 is 15.0 Å². The molecule has 5 nitrogen and oxygen atoms in total. The van der Waals surface area contributed by atoms with E-state index in [1.165, 1.54) is 6.07 Å². The molecule has 0 unspecified atom stereocenters. The van der Waals surface area contributed by atoms with Gasteiger partial charge in [0, 0.05) is 49.4 Å². The standard InChI is InChI=1S/C19H19FN4O/c1-25-15-4-2-13-10-16(20)19(23-17(13)11-15)14-3-5-18(22-12-14)24-8-6-21-7-9-24/h2-5,10-12,21H,6-9H2,1H3. The van der Waals surface area contributed by atoms with Gasteiger partial charge >= 0.3 is 0 Å². The highest BCUT2D eigenvalue weighted by Crippen LogP contribution is 2.27. The van der Waals surface area contributed by atoms with Gasteiger partial charge in [-0.3, -0.25) is 0 Å². The second-order valence-corrected chi connectivity index (χ2v) is 6.02. The number of aromatic nitrogens is 2. The fraction of sp³-hybridized carbons (Fsp3) is 0.263. The van der Waals surface area contributed by atoms with Crippen LogP contribution in [0.2, 0.25) is 0 Å². The number of rotatable bonds is 3. The first-order valence-corrected chi connectivity index (χ1v) is 8.31. The van der Waals surface area contributed by atoms with E-state index in [2.05, 4.69) is 20.2 Å². The number of halogens is 1. The number of fused-ring (bicyclic) bond motifs is 1. The first kappa shape index (κ1) is 15.8. The van der Waals surface area contributed by atoms with E-state index in [-0.39, 0.29) is 5.82 Å². The van der Waals surface area contributed by atoms with Crippen LogP contribution in [0.15, 0.2) is 42.6 Å². The number of nitrogens with zero attached hydrogens (tertiary/aromatic N) is 3. The van der Waals surface area contributed by atoms with Crippen molar-refractivity contribution in [2.24, 2.45) is 0 Å². The summed E-state index contributed by atoms with van der Waals surface area (Å²) < 4.78 is 19.7. The van der Waals surface area contributed by atoms with Crippen LogP contribution in [0.3, 0.4) is 0 Å². The lowest BCUT2D eigenvalue weighted by molar-refractivity contribution is 0.415. The fourth-order valence-corrected chi connectivity index (χ4v) is 3.06. The molecule has 1 aliphatic rings. The molecule has 1 saturated heterocycles. The summed E-state index contributed by atoms with van der Waals surface area (Å²) in [5.74, 6) is 1.26. The second-order valence-electron chi connectivity index (χ2n) is 6.02. The Morgan fingerprint density at radius 1 is 1.12 bits per heavy atom. The predicted molar refractivity (Wildman–Crippen MR) is 96.6 cm³/mol. The number of ether oxygens (including phenoxy) is 1. The minimum absolute atomic E-state index is 0.306. The number of anilines is 1. The third-order valence-corrected chi connectivity index (χ3v) is 4.44. The molecule has 1 fully saturated rings. The number of methoxy groups -OCH3 is 1. The number of benzene rings is 1. The van der Waals surface area contributed by atoms with Gasteiger partial charge in [0.25, 0.3) is 0 Å². The van der Waals surface area contributed by atoms with Gasteiger partial charge in [0.15, 0.2) is 0 Å². The van der Waals surface area contributed by atoms with E-state index < -0.39 is 0 Å². The summed E-state index contributed by atoms with van der Waals surface area (Å²) in [6.07, 6.45) is 1.69. The minimum Gasteiger partial charge on any atom is -0.497 e. The van der Waals surface area contributed by atoms with Crippen molar-refractivity contribution in [2.45, 2.75) is 0 Å². The molecule has 0 amide bonds. The van der Waals surface area contributed by atoms with Crippen molar-refractivity contribution in [2.75, 3.05) is 38.2 Å². The van der Waals surface area contributed by atoms with Crippen LogP contribution >= 0.6 is 0 Å². The molecule has 3 aromatic rings. The van der Waals surface area contributed by atoms with Crippen LogP contribution in [0.1, 0.15) is 0 Å². The zero-order chi connectivity index (χ0) is 17.2. The van der Waals surface area contributed by atoms with Crippen molar-refractivity contribution in [3.63, 3.8) is 0 Å². The molecular weight excluding hydrogens is 319 g/mol. The molecule has 0 saturated carbocycles. The molecule has 0 aliphatic carbocycles.